The summed E-state index contributed by atoms with van der Waals surface area (Å²) in [5, 5.41) is 15.5. The van der Waals surface area contributed by atoms with Crippen LogP contribution < -0.4 is 5.32 Å². The predicted molar refractivity (Wildman–Crippen MR) is 104 cm³/mol. The van der Waals surface area contributed by atoms with Gasteiger partial charge in [0.15, 0.2) is 0 Å². The van der Waals surface area contributed by atoms with E-state index < -0.39 is 0 Å². The number of benzene rings is 2. The first-order valence-electron chi connectivity index (χ1n) is 8.45. The second kappa shape index (κ2) is 8.14. The molecule has 134 valence electrons. The number of para-hydroxylation sites is 1. The molecule has 26 heavy (non-hydrogen) atoms. The largest absolute Gasteiger partial charge is 0.325 e. The van der Waals surface area contributed by atoms with Crippen molar-refractivity contribution in [3.63, 3.8) is 0 Å². The van der Waals surface area contributed by atoms with Crippen LogP contribution in [-0.2, 0) is 11.2 Å². The summed E-state index contributed by atoms with van der Waals surface area (Å²) in [6.45, 7) is 6.13. The minimum absolute atomic E-state index is 0.0840. The van der Waals surface area contributed by atoms with Crippen molar-refractivity contribution in [3.8, 4) is 5.69 Å². The van der Waals surface area contributed by atoms with Crippen molar-refractivity contribution in [1.82, 2.24) is 20.2 Å². The molecule has 1 aromatic heterocycles. The van der Waals surface area contributed by atoms with E-state index >= 15 is 0 Å². The second-order valence-corrected chi connectivity index (χ2v) is 6.95. The van der Waals surface area contributed by atoms with Gasteiger partial charge >= 0.3 is 0 Å². The third kappa shape index (κ3) is 4.11. The van der Waals surface area contributed by atoms with E-state index in [0.717, 1.165) is 28.9 Å². The molecule has 0 bridgehead atoms. The first-order valence-corrected chi connectivity index (χ1v) is 9.43. The summed E-state index contributed by atoms with van der Waals surface area (Å²) in [7, 11) is 0. The van der Waals surface area contributed by atoms with E-state index in [-0.39, 0.29) is 11.7 Å². The monoisotopic (exact) mass is 367 g/mol. The number of nitrogens with zero attached hydrogens (tertiary/aromatic N) is 4. The highest BCUT2D eigenvalue weighted by Gasteiger charge is 2.14. The number of hydrogen-bond donors (Lipinski definition) is 1. The van der Waals surface area contributed by atoms with E-state index in [4.69, 9.17) is 0 Å². The molecule has 1 N–H and O–H groups in total. The lowest BCUT2D eigenvalue weighted by Gasteiger charge is -2.10. The van der Waals surface area contributed by atoms with Gasteiger partial charge in [-0.25, -0.2) is 0 Å². The first kappa shape index (κ1) is 18.1. The number of aryl methyl sites for hydroxylation is 3. The Morgan fingerprint density at radius 1 is 1.15 bits per heavy atom. The number of carbonyl (C=O) groups is 1. The molecule has 6 nitrogen and oxygen atoms in total. The molecule has 0 spiro atoms. The molecule has 0 saturated carbocycles. The Balaban J connectivity index is 1.69. The quantitative estimate of drug-likeness (QED) is 0.674. The van der Waals surface area contributed by atoms with Crippen LogP contribution in [-0.4, -0.2) is 31.9 Å². The zero-order valence-corrected chi connectivity index (χ0v) is 15.9. The molecule has 0 aliphatic carbocycles. The van der Waals surface area contributed by atoms with Crippen LogP contribution in [0.15, 0.2) is 47.6 Å². The fraction of sp³-hybridized carbons (Fsp3) is 0.263. The fourth-order valence-corrected chi connectivity index (χ4v) is 3.42. The van der Waals surface area contributed by atoms with Crippen LogP contribution in [0.3, 0.4) is 0 Å². The third-order valence-corrected chi connectivity index (χ3v) is 4.96. The van der Waals surface area contributed by atoms with Crippen LogP contribution in [0.4, 0.5) is 5.69 Å². The van der Waals surface area contributed by atoms with Gasteiger partial charge in [0.1, 0.15) is 0 Å². The molecular weight excluding hydrogens is 346 g/mol. The standard InChI is InChI=1S/C19H21N5OS/c1-4-15-9-6-10-16(11-15)20-17(25)12-26-19-21-22-23-24(19)18-13(2)7-5-8-14(18)3/h5-11H,4,12H2,1-3H3,(H,20,25). The second-order valence-electron chi connectivity index (χ2n) is 6.00. The van der Waals surface area contributed by atoms with Crippen molar-refractivity contribution in [2.45, 2.75) is 32.3 Å². The Bertz CT molecular complexity index is 902. The molecule has 0 unspecified atom stereocenters. The molecule has 0 fully saturated rings. The number of rotatable bonds is 6. The summed E-state index contributed by atoms with van der Waals surface area (Å²) in [5.74, 6) is 0.154. The van der Waals surface area contributed by atoms with Crippen molar-refractivity contribution < 1.29 is 4.79 Å². The van der Waals surface area contributed by atoms with E-state index in [1.807, 2.05) is 56.3 Å². The molecule has 0 saturated heterocycles. The third-order valence-electron chi connectivity index (χ3n) is 4.04. The van der Waals surface area contributed by atoms with Gasteiger partial charge in [-0.3, -0.25) is 4.79 Å². The molecule has 0 aliphatic rings. The Labute approximate surface area is 157 Å². The lowest BCUT2D eigenvalue weighted by atomic mass is 10.1. The van der Waals surface area contributed by atoms with Crippen molar-refractivity contribution in [2.24, 2.45) is 0 Å². The van der Waals surface area contributed by atoms with E-state index in [9.17, 15) is 4.79 Å². The van der Waals surface area contributed by atoms with Crippen LogP contribution in [0.2, 0.25) is 0 Å². The smallest absolute Gasteiger partial charge is 0.234 e. The van der Waals surface area contributed by atoms with Gasteiger partial charge in [0.05, 0.1) is 11.4 Å². The topological polar surface area (TPSA) is 72.7 Å². The summed E-state index contributed by atoms with van der Waals surface area (Å²) in [6.07, 6.45) is 0.934. The Kier molecular flexibility index (Phi) is 5.68. The SMILES string of the molecule is CCc1cccc(NC(=O)CSc2nnnn2-c2c(C)cccc2C)c1. The van der Waals surface area contributed by atoms with Gasteiger partial charge in [-0.1, -0.05) is 49.0 Å². The van der Waals surface area contributed by atoms with Crippen molar-refractivity contribution in [1.29, 1.82) is 0 Å². The van der Waals surface area contributed by atoms with Gasteiger partial charge in [-0.2, -0.15) is 4.68 Å². The summed E-state index contributed by atoms with van der Waals surface area (Å²) in [6, 6.07) is 13.9. The maximum Gasteiger partial charge on any atom is 0.234 e. The maximum absolute atomic E-state index is 12.3. The maximum atomic E-state index is 12.3. The highest BCUT2D eigenvalue weighted by atomic mass is 32.2. The number of nitrogens with one attached hydrogen (secondary N) is 1. The van der Waals surface area contributed by atoms with Crippen molar-refractivity contribution in [2.75, 3.05) is 11.1 Å². The molecule has 1 amide bonds. The molecule has 0 aliphatic heterocycles. The summed E-state index contributed by atoms with van der Waals surface area (Å²) >= 11 is 1.32. The number of anilines is 1. The minimum atomic E-state index is -0.0840. The Morgan fingerprint density at radius 2 is 1.88 bits per heavy atom. The molecule has 0 atom stereocenters. The molecular formula is C19H21N5OS. The summed E-state index contributed by atoms with van der Waals surface area (Å²) in [4.78, 5) is 12.3. The lowest BCUT2D eigenvalue weighted by molar-refractivity contribution is -0.113. The molecule has 2 aromatic carbocycles. The number of thioether (sulfide) groups is 1. The number of tetrazole rings is 1. The van der Waals surface area contributed by atoms with Crippen LogP contribution in [0, 0.1) is 13.8 Å². The van der Waals surface area contributed by atoms with Gasteiger partial charge in [0.25, 0.3) is 0 Å². The van der Waals surface area contributed by atoms with Gasteiger partial charge < -0.3 is 5.32 Å². The number of amides is 1. The zero-order chi connectivity index (χ0) is 18.5. The predicted octanol–water partition coefficient (Wildman–Crippen LogP) is 3.57. The normalized spacial score (nSPS) is 10.7. The van der Waals surface area contributed by atoms with Crippen LogP contribution in [0.5, 0.6) is 0 Å². The van der Waals surface area contributed by atoms with Crippen LogP contribution in [0.1, 0.15) is 23.6 Å². The molecule has 7 heteroatoms. The van der Waals surface area contributed by atoms with Crippen molar-refractivity contribution in [3.05, 3.63) is 59.2 Å². The van der Waals surface area contributed by atoms with E-state index in [1.165, 1.54) is 17.3 Å². The molecule has 3 rings (SSSR count). The van der Waals surface area contributed by atoms with Gasteiger partial charge in [-0.15, -0.1) is 5.10 Å². The van der Waals surface area contributed by atoms with Crippen molar-refractivity contribution >= 4 is 23.4 Å². The van der Waals surface area contributed by atoms with Gasteiger partial charge in [-0.05, 0) is 59.5 Å². The summed E-state index contributed by atoms with van der Waals surface area (Å²) in [5.41, 5.74) is 5.12. The number of hydrogen-bond acceptors (Lipinski definition) is 5. The molecule has 0 radical (unpaired) electrons. The highest BCUT2D eigenvalue weighted by Crippen LogP contribution is 2.23. The van der Waals surface area contributed by atoms with Crippen LogP contribution in [0.25, 0.3) is 5.69 Å². The highest BCUT2D eigenvalue weighted by molar-refractivity contribution is 7.99. The zero-order valence-electron chi connectivity index (χ0n) is 15.1. The lowest BCUT2D eigenvalue weighted by Crippen LogP contribution is -2.15. The van der Waals surface area contributed by atoms with E-state index in [2.05, 4.69) is 27.8 Å². The van der Waals surface area contributed by atoms with E-state index in [0.29, 0.717) is 5.16 Å². The number of carbonyl (C=O) groups excluding carboxylic acids is 1. The van der Waals surface area contributed by atoms with Gasteiger partial charge in [0, 0.05) is 5.69 Å². The Hall–Kier alpha value is -2.67. The van der Waals surface area contributed by atoms with Crippen LogP contribution >= 0.6 is 11.8 Å². The molecule has 3 aromatic rings. The fourth-order valence-electron chi connectivity index (χ4n) is 2.75. The average Bonchev–Trinajstić information content (AvgIpc) is 3.08. The average molecular weight is 367 g/mol. The first-order chi connectivity index (χ1) is 12.6. The van der Waals surface area contributed by atoms with E-state index in [1.54, 1.807) is 4.68 Å². The number of aromatic nitrogens is 4. The molecule has 1 heterocycles. The minimum Gasteiger partial charge on any atom is -0.325 e. The Morgan fingerprint density at radius 3 is 2.62 bits per heavy atom. The summed E-state index contributed by atoms with van der Waals surface area (Å²) < 4.78 is 1.69. The van der Waals surface area contributed by atoms with Gasteiger partial charge in [0.2, 0.25) is 11.1 Å².